The number of ether oxygens (including phenoxy) is 1. The number of nitrogens with zero attached hydrogens (tertiary/aromatic N) is 3. The second-order valence-electron chi connectivity index (χ2n) is 8.11. The van der Waals surface area contributed by atoms with Gasteiger partial charge in [-0.25, -0.2) is 0 Å². The fraction of sp³-hybridized carbons (Fsp3) is 0.333. The first kappa shape index (κ1) is 22.8. The molecule has 2 aliphatic heterocycles. The quantitative estimate of drug-likeness (QED) is 0.683. The van der Waals surface area contributed by atoms with Crippen LogP contribution in [0.25, 0.3) is 0 Å². The number of thioether (sulfide) groups is 1. The molecular weight excluding hydrogens is 440 g/mol. The van der Waals surface area contributed by atoms with Crippen molar-refractivity contribution in [1.82, 2.24) is 10.3 Å². The van der Waals surface area contributed by atoms with Gasteiger partial charge in [0.25, 0.3) is 5.91 Å². The number of para-hydroxylation sites is 1. The second kappa shape index (κ2) is 8.90. The highest BCUT2D eigenvalue weighted by Gasteiger charge is 2.61. The molecule has 2 aliphatic rings. The molecule has 2 aromatic rings. The average molecular weight is 467 g/mol. The lowest BCUT2D eigenvalue weighted by molar-refractivity contribution is -0.139. The lowest BCUT2D eigenvalue weighted by Gasteiger charge is -2.29. The molecule has 0 unspecified atom stereocenters. The van der Waals surface area contributed by atoms with Crippen LogP contribution >= 0.6 is 11.8 Å². The highest BCUT2D eigenvalue weighted by molar-refractivity contribution is 8.15. The van der Waals surface area contributed by atoms with Gasteiger partial charge in [0.05, 0.1) is 12.3 Å². The summed E-state index contributed by atoms with van der Waals surface area (Å²) in [5.74, 6) is -0.140. The van der Waals surface area contributed by atoms with Gasteiger partial charge in [0, 0.05) is 26.0 Å². The molecule has 2 heterocycles. The van der Waals surface area contributed by atoms with Gasteiger partial charge in [0.1, 0.15) is 5.75 Å². The Bertz CT molecular complexity index is 1160. The summed E-state index contributed by atoms with van der Waals surface area (Å²) in [4.78, 5) is 38.3. The van der Waals surface area contributed by atoms with E-state index in [1.807, 2.05) is 56.3 Å². The highest BCUT2D eigenvalue weighted by atomic mass is 32.2. The number of hydrazone groups is 1. The summed E-state index contributed by atoms with van der Waals surface area (Å²) in [5, 5.41) is 8.32. The molecule has 1 N–H and O–H groups in total. The number of carbonyl (C=O) groups is 3. The third-order valence-corrected chi connectivity index (χ3v) is 6.77. The van der Waals surface area contributed by atoms with Gasteiger partial charge in [-0.05, 0) is 49.7 Å². The van der Waals surface area contributed by atoms with E-state index in [0.29, 0.717) is 25.1 Å². The molecule has 1 spiro atoms. The van der Waals surface area contributed by atoms with Crippen LogP contribution in [-0.2, 0) is 19.3 Å². The zero-order valence-electron chi connectivity index (χ0n) is 19.0. The number of anilines is 1. The molecule has 1 atom stereocenters. The van der Waals surface area contributed by atoms with Crippen molar-refractivity contribution in [3.05, 3.63) is 59.2 Å². The largest absolute Gasteiger partial charge is 0.493 e. The summed E-state index contributed by atoms with van der Waals surface area (Å²) in [5.41, 5.74) is 3.44. The van der Waals surface area contributed by atoms with Crippen LogP contribution in [0.3, 0.4) is 0 Å². The molecule has 0 saturated heterocycles. The molecule has 0 aromatic heterocycles. The molecule has 2 aromatic carbocycles. The molecule has 0 bridgehead atoms. The molecule has 0 radical (unpaired) electrons. The van der Waals surface area contributed by atoms with Gasteiger partial charge in [-0.2, -0.15) is 5.01 Å². The number of aryl methyl sites for hydroxylation is 2. The van der Waals surface area contributed by atoms with Crippen molar-refractivity contribution in [1.29, 1.82) is 0 Å². The maximum absolute atomic E-state index is 13.8. The Kier molecular flexibility index (Phi) is 6.16. The van der Waals surface area contributed by atoms with Crippen molar-refractivity contribution < 1.29 is 19.1 Å². The topological polar surface area (TPSA) is 91.3 Å². The fourth-order valence-corrected chi connectivity index (χ4v) is 5.39. The number of hydrogen-bond acceptors (Lipinski definition) is 6. The SMILES string of the molecule is CC(=O)NC1=NN(C(C)=O)[C@]2(S1)C(=O)N(CCCOc1ccccc1C)c1ccc(C)cc12. The van der Waals surface area contributed by atoms with Gasteiger partial charge in [0.2, 0.25) is 16.7 Å². The Labute approximate surface area is 197 Å². The number of fused-ring (bicyclic) bond motifs is 2. The summed E-state index contributed by atoms with van der Waals surface area (Å²) < 4.78 is 5.90. The van der Waals surface area contributed by atoms with Crippen LogP contribution in [0, 0.1) is 13.8 Å². The van der Waals surface area contributed by atoms with Crippen LogP contribution < -0.4 is 15.0 Å². The Hall–Kier alpha value is -3.33. The number of amides is 3. The maximum atomic E-state index is 13.8. The molecule has 0 aliphatic carbocycles. The van der Waals surface area contributed by atoms with E-state index in [-0.39, 0.29) is 22.9 Å². The van der Waals surface area contributed by atoms with Gasteiger partial charge in [0.15, 0.2) is 5.17 Å². The summed E-state index contributed by atoms with van der Waals surface area (Å²) in [6.07, 6.45) is 0.605. The average Bonchev–Trinajstić information content (AvgIpc) is 3.24. The van der Waals surface area contributed by atoms with Crippen molar-refractivity contribution in [2.24, 2.45) is 5.10 Å². The van der Waals surface area contributed by atoms with Crippen LogP contribution in [-0.4, -0.2) is 41.0 Å². The summed E-state index contributed by atoms with van der Waals surface area (Å²) in [6.45, 7) is 7.52. The number of carbonyl (C=O) groups excluding carboxylic acids is 3. The van der Waals surface area contributed by atoms with Crippen molar-refractivity contribution in [3.8, 4) is 5.75 Å². The highest BCUT2D eigenvalue weighted by Crippen LogP contribution is 2.54. The molecular formula is C24H26N4O4S. The molecule has 9 heteroatoms. The van der Waals surface area contributed by atoms with E-state index in [9.17, 15) is 14.4 Å². The van der Waals surface area contributed by atoms with Crippen LogP contribution in [0.2, 0.25) is 0 Å². The van der Waals surface area contributed by atoms with E-state index in [1.165, 1.54) is 18.9 Å². The molecule has 33 heavy (non-hydrogen) atoms. The smallest absolute Gasteiger partial charge is 0.270 e. The van der Waals surface area contributed by atoms with Crippen LogP contribution in [0.4, 0.5) is 5.69 Å². The van der Waals surface area contributed by atoms with E-state index in [4.69, 9.17) is 4.74 Å². The minimum Gasteiger partial charge on any atom is -0.493 e. The van der Waals surface area contributed by atoms with E-state index in [1.54, 1.807) is 4.90 Å². The number of nitrogens with one attached hydrogen (secondary N) is 1. The number of rotatable bonds is 5. The first-order valence-corrected chi connectivity index (χ1v) is 11.5. The van der Waals surface area contributed by atoms with Crippen molar-refractivity contribution in [3.63, 3.8) is 0 Å². The predicted octanol–water partition coefficient (Wildman–Crippen LogP) is 3.27. The predicted molar refractivity (Wildman–Crippen MR) is 128 cm³/mol. The third-order valence-electron chi connectivity index (χ3n) is 5.53. The van der Waals surface area contributed by atoms with Crippen molar-refractivity contribution in [2.75, 3.05) is 18.1 Å². The molecule has 8 nitrogen and oxygen atoms in total. The van der Waals surface area contributed by atoms with Crippen molar-refractivity contribution >= 4 is 40.3 Å². The van der Waals surface area contributed by atoms with E-state index in [2.05, 4.69) is 10.4 Å². The molecule has 4 rings (SSSR count). The number of hydrogen-bond donors (Lipinski definition) is 1. The van der Waals surface area contributed by atoms with Crippen molar-refractivity contribution in [2.45, 2.75) is 39.0 Å². The summed E-state index contributed by atoms with van der Waals surface area (Å²) >= 11 is 1.09. The zero-order chi connectivity index (χ0) is 23.8. The Morgan fingerprint density at radius 3 is 2.61 bits per heavy atom. The van der Waals surface area contributed by atoms with Crippen LogP contribution in [0.5, 0.6) is 5.75 Å². The third kappa shape index (κ3) is 4.08. The lowest BCUT2D eigenvalue weighted by atomic mass is 10.0. The molecule has 172 valence electrons. The standard InChI is InChI=1S/C24H26N4O4S/c1-15-10-11-20-19(14-15)24(28(18(4)30)26-23(33-24)25-17(3)29)22(31)27(20)12-7-13-32-21-9-6-5-8-16(21)2/h5-6,8-11,14H,7,12-13H2,1-4H3,(H,25,26,29)/t24-/m1/s1. The minimum absolute atomic E-state index is 0.225. The molecule has 0 fully saturated rings. The lowest BCUT2D eigenvalue weighted by Crippen LogP contribution is -2.48. The van der Waals surface area contributed by atoms with Gasteiger partial charge in [-0.1, -0.05) is 35.9 Å². The fourth-order valence-electron chi connectivity index (χ4n) is 4.07. The Balaban J connectivity index is 1.60. The summed E-state index contributed by atoms with van der Waals surface area (Å²) in [6, 6.07) is 13.5. The minimum atomic E-state index is -1.37. The first-order chi connectivity index (χ1) is 15.7. The van der Waals surface area contributed by atoms with E-state index < -0.39 is 4.87 Å². The van der Waals surface area contributed by atoms with E-state index in [0.717, 1.165) is 34.3 Å². The van der Waals surface area contributed by atoms with Gasteiger partial charge < -0.3 is 15.0 Å². The molecule has 0 saturated carbocycles. The normalized spacial score (nSPS) is 19.0. The second-order valence-corrected chi connectivity index (χ2v) is 9.29. The number of amidine groups is 1. The van der Waals surface area contributed by atoms with Gasteiger partial charge in [-0.3, -0.25) is 14.4 Å². The van der Waals surface area contributed by atoms with E-state index >= 15 is 0 Å². The van der Waals surface area contributed by atoms with Crippen LogP contribution in [0.15, 0.2) is 47.6 Å². The Morgan fingerprint density at radius 2 is 1.91 bits per heavy atom. The monoisotopic (exact) mass is 466 g/mol. The van der Waals surface area contributed by atoms with Gasteiger partial charge in [-0.15, -0.1) is 5.10 Å². The van der Waals surface area contributed by atoms with Gasteiger partial charge >= 0.3 is 0 Å². The first-order valence-electron chi connectivity index (χ1n) is 10.7. The zero-order valence-corrected chi connectivity index (χ0v) is 19.9. The van der Waals surface area contributed by atoms with Crippen LogP contribution in [0.1, 0.15) is 37.0 Å². The summed E-state index contributed by atoms with van der Waals surface area (Å²) in [7, 11) is 0. The maximum Gasteiger partial charge on any atom is 0.270 e. The Morgan fingerprint density at radius 1 is 1.15 bits per heavy atom. The number of benzene rings is 2. The molecule has 3 amide bonds.